The number of hydrogen-bond donors (Lipinski definition) is 2. The van der Waals surface area contributed by atoms with Gasteiger partial charge in [0.05, 0.1) is 25.2 Å². The van der Waals surface area contributed by atoms with E-state index in [0.717, 1.165) is 24.1 Å². The van der Waals surface area contributed by atoms with Gasteiger partial charge in [-0.1, -0.05) is 13.0 Å². The van der Waals surface area contributed by atoms with Crippen molar-refractivity contribution in [2.24, 2.45) is 0 Å². The van der Waals surface area contributed by atoms with Gasteiger partial charge in [0.2, 0.25) is 0 Å². The third kappa shape index (κ3) is 4.10. The zero-order chi connectivity index (χ0) is 22.8. The van der Waals surface area contributed by atoms with E-state index in [0.29, 0.717) is 24.5 Å². The smallest absolute Gasteiger partial charge is 0.329 e. The van der Waals surface area contributed by atoms with Gasteiger partial charge >= 0.3 is 5.69 Å². The number of nitrogens with zero attached hydrogens (tertiary/aromatic N) is 2. The predicted octanol–water partition coefficient (Wildman–Crippen LogP) is 2.32. The number of hydrogen-bond acceptors (Lipinski definition) is 6. The molecule has 1 saturated carbocycles. The van der Waals surface area contributed by atoms with Gasteiger partial charge in [-0.2, -0.15) is 0 Å². The number of rotatable bonds is 8. The Morgan fingerprint density at radius 3 is 2.59 bits per heavy atom. The average molecular weight is 438 g/mol. The number of methoxy groups -OCH3 is 2. The van der Waals surface area contributed by atoms with Gasteiger partial charge in [-0.3, -0.25) is 19.1 Å². The summed E-state index contributed by atoms with van der Waals surface area (Å²) in [5, 5.41) is 3.00. The Bertz CT molecular complexity index is 1290. The third-order valence-corrected chi connectivity index (χ3v) is 5.56. The molecule has 0 bridgehead atoms. The Labute approximate surface area is 184 Å². The maximum absolute atomic E-state index is 13.2. The van der Waals surface area contributed by atoms with Gasteiger partial charge in [-0.15, -0.1) is 0 Å². The Balaban J connectivity index is 1.73. The normalized spacial score (nSPS) is 13.2. The summed E-state index contributed by atoms with van der Waals surface area (Å²) in [4.78, 5) is 45.2. The molecule has 1 aliphatic carbocycles. The van der Waals surface area contributed by atoms with Crippen LogP contribution in [-0.4, -0.2) is 34.7 Å². The first-order valence-corrected chi connectivity index (χ1v) is 10.6. The molecular weight excluding hydrogens is 412 g/mol. The number of ether oxygens (including phenoxy) is 2. The van der Waals surface area contributed by atoms with Crippen molar-refractivity contribution in [1.82, 2.24) is 19.9 Å². The molecule has 168 valence electrons. The molecule has 1 aromatic carbocycles. The quantitative estimate of drug-likeness (QED) is 0.558. The van der Waals surface area contributed by atoms with Gasteiger partial charge in [0.15, 0.2) is 17.1 Å². The van der Waals surface area contributed by atoms with E-state index in [2.05, 4.69) is 15.3 Å². The number of aromatic nitrogens is 3. The zero-order valence-corrected chi connectivity index (χ0v) is 18.4. The van der Waals surface area contributed by atoms with Crippen LogP contribution in [0.3, 0.4) is 0 Å². The van der Waals surface area contributed by atoms with Crippen LogP contribution in [0.1, 0.15) is 53.7 Å². The van der Waals surface area contributed by atoms with Crippen molar-refractivity contribution in [1.29, 1.82) is 0 Å². The molecule has 1 fully saturated rings. The van der Waals surface area contributed by atoms with Crippen molar-refractivity contribution < 1.29 is 14.3 Å². The van der Waals surface area contributed by atoms with E-state index < -0.39 is 17.2 Å². The molecule has 2 heterocycles. The maximum atomic E-state index is 13.2. The molecule has 3 aromatic rings. The number of carbonyl (C=O) groups excluding carboxylic acids is 1. The van der Waals surface area contributed by atoms with Crippen molar-refractivity contribution in [3.63, 3.8) is 0 Å². The molecule has 9 nitrogen and oxygen atoms in total. The Kier molecular flexibility index (Phi) is 5.98. The summed E-state index contributed by atoms with van der Waals surface area (Å²) in [6.45, 7) is 2.57. The molecule has 0 spiro atoms. The summed E-state index contributed by atoms with van der Waals surface area (Å²) in [5.41, 5.74) is 0.923. The number of fused-ring (bicyclic) bond motifs is 1. The molecule has 9 heteroatoms. The average Bonchev–Trinajstić information content (AvgIpc) is 3.64. The number of carbonyl (C=O) groups is 1. The summed E-state index contributed by atoms with van der Waals surface area (Å²) in [7, 11) is 3.10. The Hall–Kier alpha value is -3.62. The second kappa shape index (κ2) is 8.86. The summed E-state index contributed by atoms with van der Waals surface area (Å²) in [6, 6.07) is 7.06. The summed E-state index contributed by atoms with van der Waals surface area (Å²) >= 11 is 0. The number of aromatic amines is 1. The van der Waals surface area contributed by atoms with Gasteiger partial charge in [0, 0.05) is 24.7 Å². The topological polar surface area (TPSA) is 115 Å². The highest BCUT2D eigenvalue weighted by Gasteiger charge is 2.28. The molecule has 2 N–H and O–H groups in total. The molecule has 0 radical (unpaired) electrons. The van der Waals surface area contributed by atoms with Gasteiger partial charge in [-0.05, 0) is 43.0 Å². The molecule has 0 aliphatic heterocycles. The standard InChI is InChI=1S/C23H26N4O5/c1-4-9-27-20-19(22(29)26-23(27)30)15(11-16(25-20)14-6-7-14)21(28)24-12-13-5-8-17(31-2)18(10-13)32-3/h5,8,10-11,14H,4,6-7,9,12H2,1-3H3,(H,24,28)(H,26,29,30). The van der Waals surface area contributed by atoms with E-state index in [1.165, 1.54) is 4.57 Å². The fourth-order valence-electron chi connectivity index (χ4n) is 3.76. The first-order valence-electron chi connectivity index (χ1n) is 10.6. The first-order chi connectivity index (χ1) is 15.5. The molecule has 0 unspecified atom stereocenters. The Morgan fingerprint density at radius 2 is 1.94 bits per heavy atom. The Morgan fingerprint density at radius 1 is 1.19 bits per heavy atom. The van der Waals surface area contributed by atoms with Crippen LogP contribution in [0.5, 0.6) is 11.5 Å². The van der Waals surface area contributed by atoms with Crippen LogP contribution in [0.4, 0.5) is 0 Å². The van der Waals surface area contributed by atoms with Crippen LogP contribution in [0, 0.1) is 0 Å². The number of benzene rings is 1. The lowest BCUT2D eigenvalue weighted by Gasteiger charge is -2.14. The van der Waals surface area contributed by atoms with E-state index in [9.17, 15) is 14.4 Å². The number of pyridine rings is 1. The van der Waals surface area contributed by atoms with Crippen LogP contribution < -0.4 is 26.0 Å². The summed E-state index contributed by atoms with van der Waals surface area (Å²) < 4.78 is 12.0. The van der Waals surface area contributed by atoms with E-state index in [4.69, 9.17) is 9.47 Å². The molecule has 4 rings (SSSR count). The largest absolute Gasteiger partial charge is 0.493 e. The molecular formula is C23H26N4O5. The molecule has 1 aliphatic rings. The SMILES string of the molecule is CCCn1c(=O)[nH]c(=O)c2c(C(=O)NCc3ccc(OC)c(OC)c3)cc(C3CC3)nc21. The molecule has 0 atom stereocenters. The van der Waals surface area contributed by atoms with Crippen molar-refractivity contribution in [2.45, 2.75) is 45.2 Å². The summed E-state index contributed by atoms with van der Waals surface area (Å²) in [5.74, 6) is 1.00. The van der Waals surface area contributed by atoms with Gasteiger partial charge < -0.3 is 14.8 Å². The lowest BCUT2D eigenvalue weighted by atomic mass is 10.1. The minimum absolute atomic E-state index is 0.132. The van der Waals surface area contributed by atoms with E-state index in [1.54, 1.807) is 32.4 Å². The number of aryl methyl sites for hydroxylation is 1. The van der Waals surface area contributed by atoms with Crippen LogP contribution >= 0.6 is 0 Å². The van der Waals surface area contributed by atoms with Crippen molar-refractivity contribution in [3.05, 3.63) is 61.9 Å². The van der Waals surface area contributed by atoms with Gasteiger partial charge in [0.25, 0.3) is 11.5 Å². The molecule has 32 heavy (non-hydrogen) atoms. The highest BCUT2D eigenvalue weighted by atomic mass is 16.5. The van der Waals surface area contributed by atoms with Crippen LogP contribution in [0.15, 0.2) is 33.9 Å². The lowest BCUT2D eigenvalue weighted by molar-refractivity contribution is 0.0952. The molecule has 2 aromatic heterocycles. The van der Waals surface area contributed by atoms with Crippen LogP contribution in [-0.2, 0) is 13.1 Å². The number of amides is 1. The van der Waals surface area contributed by atoms with E-state index in [-0.39, 0.29) is 29.1 Å². The van der Waals surface area contributed by atoms with E-state index in [1.807, 2.05) is 13.0 Å². The third-order valence-electron chi connectivity index (χ3n) is 5.56. The minimum Gasteiger partial charge on any atom is -0.493 e. The second-order valence-electron chi connectivity index (χ2n) is 7.85. The van der Waals surface area contributed by atoms with Crippen LogP contribution in [0.25, 0.3) is 11.0 Å². The highest BCUT2D eigenvalue weighted by molar-refractivity contribution is 6.05. The maximum Gasteiger partial charge on any atom is 0.329 e. The highest BCUT2D eigenvalue weighted by Crippen LogP contribution is 2.40. The van der Waals surface area contributed by atoms with Crippen molar-refractivity contribution in [2.75, 3.05) is 14.2 Å². The molecule has 0 saturated heterocycles. The van der Waals surface area contributed by atoms with E-state index >= 15 is 0 Å². The van der Waals surface area contributed by atoms with Crippen molar-refractivity contribution in [3.8, 4) is 11.5 Å². The predicted molar refractivity (Wildman–Crippen MR) is 120 cm³/mol. The second-order valence-corrected chi connectivity index (χ2v) is 7.85. The number of H-pyrrole nitrogens is 1. The summed E-state index contributed by atoms with van der Waals surface area (Å²) in [6.07, 6.45) is 2.65. The minimum atomic E-state index is -0.608. The van der Waals surface area contributed by atoms with Crippen molar-refractivity contribution >= 4 is 16.9 Å². The van der Waals surface area contributed by atoms with Gasteiger partial charge in [-0.25, -0.2) is 9.78 Å². The first kappa shape index (κ1) is 21.6. The number of nitrogens with one attached hydrogen (secondary N) is 2. The molecule has 1 amide bonds. The van der Waals surface area contributed by atoms with Crippen LogP contribution in [0.2, 0.25) is 0 Å². The van der Waals surface area contributed by atoms with Gasteiger partial charge in [0.1, 0.15) is 0 Å². The fraction of sp³-hybridized carbons (Fsp3) is 0.391. The lowest BCUT2D eigenvalue weighted by Crippen LogP contribution is -2.33. The zero-order valence-electron chi connectivity index (χ0n) is 18.4. The fourth-order valence-corrected chi connectivity index (χ4v) is 3.76. The monoisotopic (exact) mass is 438 g/mol.